The Morgan fingerprint density at radius 2 is 0.597 bits per heavy atom. The van der Waals surface area contributed by atoms with Crippen LogP contribution in [0.5, 0.6) is 0 Å². The van der Waals surface area contributed by atoms with E-state index in [0.29, 0.717) is 19.3 Å². The molecule has 0 aliphatic rings. The van der Waals surface area contributed by atoms with E-state index in [9.17, 15) is 14.4 Å². The normalized spacial score (nSPS) is 13.3. The van der Waals surface area contributed by atoms with Crippen molar-refractivity contribution in [3.05, 3.63) is 146 Å². The van der Waals surface area contributed by atoms with Gasteiger partial charge >= 0.3 is 17.9 Å². The molecule has 374 valence electrons. The Morgan fingerprint density at radius 1 is 0.313 bits per heavy atom. The summed E-state index contributed by atoms with van der Waals surface area (Å²) in [7, 11) is 0. The molecule has 6 heteroatoms. The minimum absolute atomic E-state index is 0.132. The van der Waals surface area contributed by atoms with Gasteiger partial charge in [0.15, 0.2) is 6.10 Å². The number of unbranched alkanes of at least 4 members (excludes halogenated alkanes) is 10. The fourth-order valence-electron chi connectivity index (χ4n) is 6.42. The quantitative estimate of drug-likeness (QED) is 0.0262. The van der Waals surface area contributed by atoms with Gasteiger partial charge in [0.1, 0.15) is 13.2 Å². The first-order valence-electron chi connectivity index (χ1n) is 26.3. The van der Waals surface area contributed by atoms with Gasteiger partial charge in [-0.1, -0.05) is 199 Å². The number of allylic oxidation sites excluding steroid dienone is 24. The third-order valence-corrected chi connectivity index (χ3v) is 10.3. The monoisotopic (exact) mass is 923 g/mol. The summed E-state index contributed by atoms with van der Waals surface area (Å²) in [6.45, 7) is 6.25. The Labute approximate surface area is 410 Å². The molecule has 67 heavy (non-hydrogen) atoms. The van der Waals surface area contributed by atoms with Gasteiger partial charge in [0, 0.05) is 19.3 Å². The van der Waals surface area contributed by atoms with Crippen molar-refractivity contribution in [1.29, 1.82) is 0 Å². The Morgan fingerprint density at radius 3 is 0.970 bits per heavy atom. The molecule has 0 radical (unpaired) electrons. The SMILES string of the molecule is CC/C=C\C/C=C\C/C=C\C/C=C\C/C=C\CCCC(=O)OC[C@H](COC(=O)CCCCCCC/C=C\C/C=C\CCCCC)OC(=O)CCC/C=C\C/C=C\C/C=C\C/C=C\C/C=C\CC. The molecule has 0 aromatic heterocycles. The molecular weight excluding hydrogens is 829 g/mol. The van der Waals surface area contributed by atoms with E-state index in [4.69, 9.17) is 14.2 Å². The van der Waals surface area contributed by atoms with E-state index in [1.807, 2.05) is 0 Å². The van der Waals surface area contributed by atoms with E-state index in [1.54, 1.807) is 0 Å². The van der Waals surface area contributed by atoms with Gasteiger partial charge in [-0.05, 0) is 128 Å². The predicted octanol–water partition coefficient (Wildman–Crippen LogP) is 17.6. The summed E-state index contributed by atoms with van der Waals surface area (Å²) in [4.78, 5) is 38.0. The van der Waals surface area contributed by atoms with Crippen LogP contribution in [0.2, 0.25) is 0 Å². The summed E-state index contributed by atoms with van der Waals surface area (Å²) in [5, 5.41) is 0. The zero-order valence-corrected chi connectivity index (χ0v) is 42.6. The molecule has 0 bridgehead atoms. The first-order valence-corrected chi connectivity index (χ1v) is 26.3. The third-order valence-electron chi connectivity index (χ3n) is 10.3. The van der Waals surface area contributed by atoms with Crippen molar-refractivity contribution in [1.82, 2.24) is 0 Å². The maximum absolute atomic E-state index is 12.8. The first-order chi connectivity index (χ1) is 33.0. The number of carbonyl (C=O) groups excluding carboxylic acids is 3. The molecule has 0 aromatic carbocycles. The lowest BCUT2D eigenvalue weighted by molar-refractivity contribution is -0.167. The second-order valence-electron chi connectivity index (χ2n) is 16.7. The van der Waals surface area contributed by atoms with Crippen molar-refractivity contribution in [2.24, 2.45) is 0 Å². The highest BCUT2D eigenvalue weighted by atomic mass is 16.6. The van der Waals surface area contributed by atoms with E-state index < -0.39 is 12.1 Å². The average Bonchev–Trinajstić information content (AvgIpc) is 3.33. The van der Waals surface area contributed by atoms with Gasteiger partial charge in [-0.15, -0.1) is 0 Å². The lowest BCUT2D eigenvalue weighted by Crippen LogP contribution is -2.30. The lowest BCUT2D eigenvalue weighted by Gasteiger charge is -2.18. The summed E-state index contributed by atoms with van der Waals surface area (Å²) in [5.74, 6) is -1.08. The van der Waals surface area contributed by atoms with Gasteiger partial charge in [0.2, 0.25) is 0 Å². The summed E-state index contributed by atoms with van der Waals surface area (Å²) < 4.78 is 16.7. The Balaban J connectivity index is 4.63. The van der Waals surface area contributed by atoms with E-state index in [-0.39, 0.29) is 38.0 Å². The van der Waals surface area contributed by atoms with Crippen LogP contribution < -0.4 is 0 Å². The molecule has 0 heterocycles. The summed E-state index contributed by atoms with van der Waals surface area (Å²) >= 11 is 0. The molecular formula is C61H94O6. The molecule has 0 unspecified atom stereocenters. The molecule has 0 N–H and O–H groups in total. The molecule has 0 saturated carbocycles. The number of ether oxygens (including phenoxy) is 3. The summed E-state index contributed by atoms with van der Waals surface area (Å²) in [6.07, 6.45) is 77.0. The van der Waals surface area contributed by atoms with E-state index >= 15 is 0 Å². The van der Waals surface area contributed by atoms with Gasteiger partial charge in [0.25, 0.3) is 0 Å². The number of hydrogen-bond acceptors (Lipinski definition) is 6. The second kappa shape index (κ2) is 53.9. The van der Waals surface area contributed by atoms with Crippen LogP contribution in [0.15, 0.2) is 146 Å². The van der Waals surface area contributed by atoms with Crippen LogP contribution in [0.4, 0.5) is 0 Å². The first kappa shape index (κ1) is 62.3. The molecule has 0 amide bonds. The van der Waals surface area contributed by atoms with Gasteiger partial charge in [-0.2, -0.15) is 0 Å². The molecule has 0 fully saturated rings. The minimum Gasteiger partial charge on any atom is -0.462 e. The molecule has 6 nitrogen and oxygen atoms in total. The van der Waals surface area contributed by atoms with Crippen molar-refractivity contribution in [2.75, 3.05) is 13.2 Å². The maximum atomic E-state index is 12.8. The van der Waals surface area contributed by atoms with E-state index in [2.05, 4.69) is 167 Å². The molecule has 0 aliphatic heterocycles. The van der Waals surface area contributed by atoms with Crippen LogP contribution in [-0.2, 0) is 28.6 Å². The van der Waals surface area contributed by atoms with Crippen molar-refractivity contribution in [2.45, 2.75) is 207 Å². The maximum Gasteiger partial charge on any atom is 0.306 e. The van der Waals surface area contributed by atoms with Crippen molar-refractivity contribution in [3.8, 4) is 0 Å². The van der Waals surface area contributed by atoms with Crippen molar-refractivity contribution in [3.63, 3.8) is 0 Å². The van der Waals surface area contributed by atoms with Gasteiger partial charge < -0.3 is 14.2 Å². The highest BCUT2D eigenvalue weighted by Gasteiger charge is 2.19. The fraction of sp³-hybridized carbons (Fsp3) is 0.557. The number of esters is 3. The van der Waals surface area contributed by atoms with Crippen LogP contribution in [0.25, 0.3) is 0 Å². The minimum atomic E-state index is -0.843. The smallest absolute Gasteiger partial charge is 0.306 e. The van der Waals surface area contributed by atoms with Gasteiger partial charge in [-0.3, -0.25) is 14.4 Å². The lowest BCUT2D eigenvalue weighted by atomic mass is 10.1. The highest BCUT2D eigenvalue weighted by Crippen LogP contribution is 2.11. The number of rotatable bonds is 45. The van der Waals surface area contributed by atoms with Crippen molar-refractivity contribution < 1.29 is 28.6 Å². The van der Waals surface area contributed by atoms with E-state index in [0.717, 1.165) is 122 Å². The topological polar surface area (TPSA) is 78.9 Å². The van der Waals surface area contributed by atoms with E-state index in [1.165, 1.54) is 25.7 Å². The summed E-state index contributed by atoms with van der Waals surface area (Å²) in [5.41, 5.74) is 0. The van der Waals surface area contributed by atoms with Gasteiger partial charge in [0.05, 0.1) is 0 Å². The molecule has 0 aliphatic carbocycles. The van der Waals surface area contributed by atoms with Gasteiger partial charge in [-0.25, -0.2) is 0 Å². The van der Waals surface area contributed by atoms with Crippen LogP contribution in [0, 0.1) is 0 Å². The standard InChI is InChI=1S/C61H94O6/c1-4-7-10-13-16-19-22-25-28-30-33-36-39-42-45-48-51-54-60(63)66-57-58(56-65-59(62)53-50-47-44-41-38-35-32-27-24-21-18-15-12-9-6-3)67-61(64)55-52-49-46-43-40-37-34-31-29-26-23-20-17-14-11-8-5-2/h7-8,10-11,16-21,25-29,32-34,36-37,42-43,45-46,58H,4-6,9,12-15,22-24,30-31,35,38-41,44,47-57H2,1-3H3/b10-7-,11-8-,19-16-,20-17-,21-18-,28-25-,29-26-,32-27-,36-33-,37-34-,45-42-,46-43-/t58-/m0/s1. The largest absolute Gasteiger partial charge is 0.462 e. The van der Waals surface area contributed by atoms with Crippen molar-refractivity contribution >= 4 is 17.9 Å². The van der Waals surface area contributed by atoms with Crippen LogP contribution in [0.1, 0.15) is 201 Å². The molecule has 0 aromatic rings. The average molecular weight is 923 g/mol. The zero-order valence-electron chi connectivity index (χ0n) is 42.6. The third kappa shape index (κ3) is 52.1. The van der Waals surface area contributed by atoms with Crippen LogP contribution in [0.3, 0.4) is 0 Å². The number of hydrogen-bond donors (Lipinski definition) is 0. The van der Waals surface area contributed by atoms with Crippen LogP contribution >= 0.6 is 0 Å². The Hall–Kier alpha value is -4.71. The Kier molecular flexibility index (Phi) is 50.1. The molecule has 1 atom stereocenters. The Bertz CT molecular complexity index is 1530. The summed E-state index contributed by atoms with van der Waals surface area (Å²) in [6, 6.07) is 0. The molecule has 0 saturated heterocycles. The fourth-order valence-corrected chi connectivity index (χ4v) is 6.42. The number of carbonyl (C=O) groups is 3. The predicted molar refractivity (Wildman–Crippen MR) is 288 cm³/mol. The molecule has 0 spiro atoms. The van der Waals surface area contributed by atoms with Crippen LogP contribution in [-0.4, -0.2) is 37.2 Å². The zero-order chi connectivity index (χ0) is 48.6. The second-order valence-corrected chi connectivity index (χ2v) is 16.7. The highest BCUT2D eigenvalue weighted by molar-refractivity contribution is 5.71. The molecule has 0 rings (SSSR count).